The van der Waals surface area contributed by atoms with Gasteiger partial charge in [-0.2, -0.15) is 0 Å². The molecule has 1 aromatic carbocycles. The molecule has 1 unspecified atom stereocenters. The number of H-pyrrole nitrogens is 1. The summed E-state index contributed by atoms with van der Waals surface area (Å²) in [6.07, 6.45) is 11.4. The number of likely N-dealkylation sites (tertiary alicyclic amines) is 1. The Morgan fingerprint density at radius 3 is 2.58 bits per heavy atom. The van der Waals surface area contributed by atoms with Crippen LogP contribution in [0.4, 0.5) is 4.79 Å². The Hall–Kier alpha value is -3.12. The quantitative estimate of drug-likeness (QED) is 0.371. The van der Waals surface area contributed by atoms with Crippen molar-refractivity contribution in [3.8, 4) is 0 Å². The maximum atomic E-state index is 12.6. The van der Waals surface area contributed by atoms with E-state index in [9.17, 15) is 4.79 Å². The molecule has 0 spiro atoms. The zero-order valence-corrected chi connectivity index (χ0v) is 23.9. The van der Waals surface area contributed by atoms with Crippen LogP contribution in [0.5, 0.6) is 0 Å². The molecule has 7 heteroatoms. The summed E-state index contributed by atoms with van der Waals surface area (Å²) in [7, 11) is 0. The summed E-state index contributed by atoms with van der Waals surface area (Å²) in [5.74, 6) is 0.585. The Morgan fingerprint density at radius 2 is 1.97 bits per heavy atom. The number of piperidine rings is 1. The van der Waals surface area contributed by atoms with Gasteiger partial charge in [0.1, 0.15) is 5.60 Å². The number of benzene rings is 1. The SMILES string of the molecule is CCCC1=Cc2cc(Cl)ccc2C(C2CCN(C(=O)OC(C)(C)C)CC2)c2ncccc21.Cc1cnc[nH]1. The number of nitrogens with one attached hydrogen (secondary N) is 1. The van der Waals surface area contributed by atoms with Gasteiger partial charge in [0.25, 0.3) is 0 Å². The first-order chi connectivity index (χ1) is 18.2. The van der Waals surface area contributed by atoms with Gasteiger partial charge >= 0.3 is 6.09 Å². The summed E-state index contributed by atoms with van der Waals surface area (Å²) in [4.78, 5) is 26.0. The molecule has 1 aliphatic carbocycles. The number of halogens is 1. The summed E-state index contributed by atoms with van der Waals surface area (Å²) in [5.41, 5.74) is 6.85. The second-order valence-corrected chi connectivity index (χ2v) is 11.6. The minimum absolute atomic E-state index is 0.185. The molecule has 202 valence electrons. The van der Waals surface area contributed by atoms with Crippen LogP contribution in [0.1, 0.15) is 87.4 Å². The van der Waals surface area contributed by atoms with E-state index in [4.69, 9.17) is 21.3 Å². The fraction of sp³-hybridized carbons (Fsp3) is 0.452. The smallest absolute Gasteiger partial charge is 0.410 e. The molecule has 1 saturated heterocycles. The molecule has 0 radical (unpaired) electrons. The van der Waals surface area contributed by atoms with Crippen LogP contribution in [0, 0.1) is 12.8 Å². The first-order valence-electron chi connectivity index (χ1n) is 13.5. The number of hydrogen-bond acceptors (Lipinski definition) is 4. The molecule has 2 aromatic heterocycles. The number of nitrogens with zero attached hydrogens (tertiary/aromatic N) is 3. The first-order valence-corrected chi connectivity index (χ1v) is 13.9. The summed E-state index contributed by atoms with van der Waals surface area (Å²) in [6.45, 7) is 11.3. The summed E-state index contributed by atoms with van der Waals surface area (Å²) < 4.78 is 5.60. The maximum absolute atomic E-state index is 12.6. The average Bonchev–Trinajstić information content (AvgIpc) is 3.31. The molecule has 1 atom stereocenters. The van der Waals surface area contributed by atoms with Gasteiger partial charge in [0.2, 0.25) is 0 Å². The molecule has 1 N–H and O–H groups in total. The van der Waals surface area contributed by atoms with Crippen LogP contribution in [-0.4, -0.2) is 44.6 Å². The number of carbonyl (C=O) groups excluding carboxylic acids is 1. The highest BCUT2D eigenvalue weighted by atomic mass is 35.5. The van der Waals surface area contributed by atoms with E-state index in [2.05, 4.69) is 41.2 Å². The number of aryl methyl sites for hydroxylation is 1. The molecule has 0 saturated carbocycles. The van der Waals surface area contributed by atoms with E-state index < -0.39 is 5.60 Å². The van der Waals surface area contributed by atoms with Crippen molar-refractivity contribution in [1.82, 2.24) is 19.9 Å². The summed E-state index contributed by atoms with van der Waals surface area (Å²) in [5, 5.41) is 0.758. The van der Waals surface area contributed by atoms with Gasteiger partial charge in [0.05, 0.1) is 12.0 Å². The molecule has 38 heavy (non-hydrogen) atoms. The van der Waals surface area contributed by atoms with Crippen LogP contribution in [0.15, 0.2) is 49.1 Å². The molecule has 2 aliphatic rings. The van der Waals surface area contributed by atoms with Crippen molar-refractivity contribution in [3.05, 3.63) is 82.2 Å². The Bertz CT molecular complexity index is 1260. The number of hydrogen-bond donors (Lipinski definition) is 1. The van der Waals surface area contributed by atoms with Gasteiger partial charge in [0, 0.05) is 42.1 Å². The molecule has 1 amide bonds. The number of rotatable bonds is 3. The standard InChI is InChI=1S/C27H33ClN2O2.C4H6N2/c1-5-7-19-16-20-17-21(28)9-10-22(20)24(25-23(19)8-6-13-29-25)18-11-14-30(15-12-18)26(31)32-27(2,3)4;1-4-2-5-3-6-4/h6,8-10,13,16-18,24H,5,7,11-12,14-15H2,1-4H3;2-3H,1H3,(H,5,6). The topological polar surface area (TPSA) is 71.1 Å². The van der Waals surface area contributed by atoms with Crippen LogP contribution in [0.3, 0.4) is 0 Å². The van der Waals surface area contributed by atoms with E-state index in [1.54, 1.807) is 12.5 Å². The highest BCUT2D eigenvalue weighted by Crippen LogP contribution is 2.45. The number of amides is 1. The number of pyridine rings is 1. The lowest BCUT2D eigenvalue weighted by molar-refractivity contribution is 0.0178. The van der Waals surface area contributed by atoms with E-state index >= 15 is 0 Å². The Labute approximate surface area is 231 Å². The van der Waals surface area contributed by atoms with E-state index in [0.717, 1.165) is 42.1 Å². The number of aromatic amines is 1. The maximum Gasteiger partial charge on any atom is 0.410 e. The minimum Gasteiger partial charge on any atom is -0.444 e. The third kappa shape index (κ3) is 6.84. The van der Waals surface area contributed by atoms with Gasteiger partial charge in [-0.15, -0.1) is 0 Å². The van der Waals surface area contributed by atoms with Gasteiger partial charge in [-0.05, 0) is 93.3 Å². The van der Waals surface area contributed by atoms with Gasteiger partial charge < -0.3 is 14.6 Å². The Morgan fingerprint density at radius 1 is 1.21 bits per heavy atom. The van der Waals surface area contributed by atoms with Crippen LogP contribution < -0.4 is 0 Å². The minimum atomic E-state index is -0.475. The number of allylic oxidation sites excluding steroid dienone is 1. The monoisotopic (exact) mass is 534 g/mol. The molecular formula is C31H39ClN4O2. The highest BCUT2D eigenvalue weighted by molar-refractivity contribution is 6.30. The van der Waals surface area contributed by atoms with Crippen molar-refractivity contribution < 1.29 is 9.53 Å². The molecule has 1 aliphatic heterocycles. The van der Waals surface area contributed by atoms with Crippen molar-refractivity contribution in [2.45, 2.75) is 71.8 Å². The predicted octanol–water partition coefficient (Wildman–Crippen LogP) is 7.89. The number of fused-ring (bicyclic) bond motifs is 2. The van der Waals surface area contributed by atoms with Crippen molar-refractivity contribution >= 4 is 29.3 Å². The van der Waals surface area contributed by atoms with Crippen LogP contribution in [-0.2, 0) is 4.74 Å². The molecule has 6 nitrogen and oxygen atoms in total. The van der Waals surface area contributed by atoms with Crippen molar-refractivity contribution in [2.75, 3.05) is 13.1 Å². The van der Waals surface area contributed by atoms with Crippen LogP contribution in [0.2, 0.25) is 5.02 Å². The zero-order valence-electron chi connectivity index (χ0n) is 23.1. The second-order valence-electron chi connectivity index (χ2n) is 11.1. The van der Waals surface area contributed by atoms with Crippen molar-refractivity contribution in [3.63, 3.8) is 0 Å². The number of ether oxygens (including phenoxy) is 1. The lowest BCUT2D eigenvalue weighted by atomic mass is 9.76. The molecule has 1 fully saturated rings. The lowest BCUT2D eigenvalue weighted by Crippen LogP contribution is -2.42. The number of carbonyl (C=O) groups is 1. The fourth-order valence-corrected chi connectivity index (χ4v) is 5.50. The average molecular weight is 535 g/mol. The largest absolute Gasteiger partial charge is 0.444 e. The summed E-state index contributed by atoms with van der Waals surface area (Å²) >= 11 is 6.40. The van der Waals surface area contributed by atoms with E-state index in [-0.39, 0.29) is 12.0 Å². The first kappa shape index (κ1) is 27.9. The molecular weight excluding hydrogens is 496 g/mol. The lowest BCUT2D eigenvalue weighted by Gasteiger charge is -2.37. The fourth-order valence-electron chi connectivity index (χ4n) is 5.32. The highest BCUT2D eigenvalue weighted by Gasteiger charge is 2.36. The van der Waals surface area contributed by atoms with E-state index in [0.29, 0.717) is 19.0 Å². The van der Waals surface area contributed by atoms with Crippen molar-refractivity contribution in [1.29, 1.82) is 0 Å². The Kier molecular flexibility index (Phi) is 8.93. The normalized spacial score (nSPS) is 17.4. The zero-order chi connectivity index (χ0) is 27.3. The third-order valence-electron chi connectivity index (χ3n) is 7.01. The number of aromatic nitrogens is 3. The predicted molar refractivity (Wildman–Crippen MR) is 154 cm³/mol. The van der Waals surface area contributed by atoms with Gasteiger partial charge in [0.15, 0.2) is 0 Å². The Balaban J connectivity index is 0.000000494. The van der Waals surface area contributed by atoms with E-state index in [1.807, 2.05) is 50.9 Å². The van der Waals surface area contributed by atoms with Gasteiger partial charge in [-0.3, -0.25) is 4.98 Å². The third-order valence-corrected chi connectivity index (χ3v) is 7.24. The van der Waals surface area contributed by atoms with Crippen molar-refractivity contribution in [2.24, 2.45) is 5.92 Å². The van der Waals surface area contributed by atoms with Crippen LogP contribution in [0.25, 0.3) is 11.6 Å². The molecule has 3 aromatic rings. The van der Waals surface area contributed by atoms with E-state index in [1.165, 1.54) is 22.3 Å². The molecule has 0 bridgehead atoms. The second kappa shape index (κ2) is 12.2. The van der Waals surface area contributed by atoms with Gasteiger partial charge in [-0.25, -0.2) is 9.78 Å². The molecule has 3 heterocycles. The van der Waals surface area contributed by atoms with Crippen LogP contribution >= 0.6 is 11.6 Å². The number of imidazole rings is 1. The molecule has 5 rings (SSSR count). The summed E-state index contributed by atoms with van der Waals surface area (Å²) in [6, 6.07) is 10.5. The van der Waals surface area contributed by atoms with Gasteiger partial charge in [-0.1, -0.05) is 43.2 Å².